The topological polar surface area (TPSA) is 64.4 Å². The van der Waals surface area contributed by atoms with E-state index >= 15 is 0 Å². The number of thiophene rings is 1. The van der Waals surface area contributed by atoms with Gasteiger partial charge in [0, 0.05) is 31.1 Å². The molecule has 2 aromatic heterocycles. The van der Waals surface area contributed by atoms with Crippen molar-refractivity contribution in [1.82, 2.24) is 14.5 Å². The number of methoxy groups -OCH3 is 1. The van der Waals surface area contributed by atoms with E-state index in [-0.39, 0.29) is 18.0 Å². The van der Waals surface area contributed by atoms with Crippen LogP contribution < -0.4 is 5.56 Å². The van der Waals surface area contributed by atoms with Crippen LogP contribution in [0.1, 0.15) is 16.7 Å². The molecule has 4 aromatic rings. The van der Waals surface area contributed by atoms with E-state index in [4.69, 9.17) is 4.74 Å². The minimum atomic E-state index is -0.200. The van der Waals surface area contributed by atoms with Crippen molar-refractivity contribution in [2.75, 3.05) is 20.3 Å². The molecule has 0 bridgehead atoms. The van der Waals surface area contributed by atoms with E-state index in [1.807, 2.05) is 41.8 Å². The van der Waals surface area contributed by atoms with Crippen LogP contribution in [0.2, 0.25) is 0 Å². The number of nitrogens with zero attached hydrogens (tertiary/aromatic N) is 3. The molecule has 2 aromatic carbocycles. The largest absolute Gasteiger partial charge is 0.383 e. The lowest BCUT2D eigenvalue weighted by Gasteiger charge is -2.23. The Kier molecular flexibility index (Phi) is 7.01. The summed E-state index contributed by atoms with van der Waals surface area (Å²) in [5, 5.41) is 2.53. The van der Waals surface area contributed by atoms with Crippen molar-refractivity contribution in [3.05, 3.63) is 87.3 Å². The smallest absolute Gasteiger partial charge is 0.263 e. The molecule has 0 N–H and O–H groups in total. The summed E-state index contributed by atoms with van der Waals surface area (Å²) in [5.74, 6) is -0.151. The van der Waals surface area contributed by atoms with E-state index in [0.29, 0.717) is 29.9 Å². The number of benzene rings is 2. The SMILES string of the molecule is COCCN(Cc1ccccc1)C(=O)Cn1cnc2scc(-c3ccc(C)c(C)c3)c2c1=O. The van der Waals surface area contributed by atoms with Crippen molar-refractivity contribution in [2.24, 2.45) is 0 Å². The minimum Gasteiger partial charge on any atom is -0.383 e. The Labute approximate surface area is 197 Å². The molecule has 7 heteroatoms. The maximum absolute atomic E-state index is 13.4. The van der Waals surface area contributed by atoms with Crippen LogP contribution in [0.3, 0.4) is 0 Å². The number of aryl methyl sites for hydroxylation is 2. The first-order valence-electron chi connectivity index (χ1n) is 10.8. The van der Waals surface area contributed by atoms with Crippen LogP contribution in [-0.2, 0) is 22.6 Å². The zero-order valence-corrected chi connectivity index (χ0v) is 19.9. The van der Waals surface area contributed by atoms with Crippen LogP contribution in [0.15, 0.2) is 65.0 Å². The van der Waals surface area contributed by atoms with Gasteiger partial charge in [0.25, 0.3) is 5.56 Å². The third-order valence-electron chi connectivity index (χ3n) is 5.82. The summed E-state index contributed by atoms with van der Waals surface area (Å²) in [5.41, 5.74) is 5.04. The summed E-state index contributed by atoms with van der Waals surface area (Å²) >= 11 is 1.44. The number of rotatable bonds is 8. The zero-order valence-electron chi connectivity index (χ0n) is 19.1. The summed E-state index contributed by atoms with van der Waals surface area (Å²) in [6.45, 7) is 5.38. The highest BCUT2D eigenvalue weighted by Crippen LogP contribution is 2.31. The fourth-order valence-electron chi connectivity index (χ4n) is 3.74. The first kappa shape index (κ1) is 22.9. The van der Waals surface area contributed by atoms with Crippen LogP contribution in [0.5, 0.6) is 0 Å². The summed E-state index contributed by atoms with van der Waals surface area (Å²) in [6, 6.07) is 16.0. The number of carbonyl (C=O) groups excluding carboxylic acids is 1. The number of fused-ring (bicyclic) bond motifs is 1. The van der Waals surface area contributed by atoms with Gasteiger partial charge in [0.2, 0.25) is 5.91 Å². The zero-order chi connectivity index (χ0) is 23.4. The lowest BCUT2D eigenvalue weighted by Crippen LogP contribution is -2.38. The van der Waals surface area contributed by atoms with Crippen LogP contribution in [0.4, 0.5) is 0 Å². The molecule has 4 rings (SSSR count). The third-order valence-corrected chi connectivity index (χ3v) is 6.70. The Hall–Kier alpha value is -3.29. The predicted octanol–water partition coefficient (Wildman–Crippen LogP) is 4.42. The van der Waals surface area contributed by atoms with Crippen molar-refractivity contribution in [3.8, 4) is 11.1 Å². The molecule has 0 radical (unpaired) electrons. The van der Waals surface area contributed by atoms with Gasteiger partial charge in [-0.05, 0) is 36.1 Å². The van der Waals surface area contributed by atoms with Crippen LogP contribution in [-0.4, -0.2) is 40.6 Å². The molecule has 0 saturated carbocycles. The summed E-state index contributed by atoms with van der Waals surface area (Å²) < 4.78 is 6.60. The van der Waals surface area contributed by atoms with Gasteiger partial charge < -0.3 is 9.64 Å². The molecule has 0 unspecified atom stereocenters. The molecular weight excluding hydrogens is 434 g/mol. The molecule has 33 heavy (non-hydrogen) atoms. The second kappa shape index (κ2) is 10.1. The summed E-state index contributed by atoms with van der Waals surface area (Å²) in [6.07, 6.45) is 1.47. The third kappa shape index (κ3) is 5.05. The molecule has 1 amide bonds. The Morgan fingerprint density at radius 3 is 2.64 bits per heavy atom. The molecule has 0 saturated heterocycles. The highest BCUT2D eigenvalue weighted by molar-refractivity contribution is 7.17. The van der Waals surface area contributed by atoms with Crippen molar-refractivity contribution < 1.29 is 9.53 Å². The van der Waals surface area contributed by atoms with Gasteiger partial charge in [-0.2, -0.15) is 0 Å². The first-order valence-corrected chi connectivity index (χ1v) is 11.7. The maximum atomic E-state index is 13.4. The van der Waals surface area contributed by atoms with Crippen molar-refractivity contribution in [2.45, 2.75) is 26.9 Å². The van der Waals surface area contributed by atoms with E-state index in [1.54, 1.807) is 12.0 Å². The average Bonchev–Trinajstić information content (AvgIpc) is 3.26. The number of hydrogen-bond donors (Lipinski definition) is 0. The van der Waals surface area contributed by atoms with Gasteiger partial charge in [-0.25, -0.2) is 4.98 Å². The summed E-state index contributed by atoms with van der Waals surface area (Å²) in [7, 11) is 1.61. The maximum Gasteiger partial charge on any atom is 0.263 e. The molecule has 0 fully saturated rings. The highest BCUT2D eigenvalue weighted by Gasteiger charge is 2.18. The molecule has 0 aliphatic heterocycles. The normalized spacial score (nSPS) is 11.1. The number of ether oxygens (including phenoxy) is 1. The summed E-state index contributed by atoms with van der Waals surface area (Å²) in [4.78, 5) is 33.4. The molecule has 0 aliphatic carbocycles. The first-order chi connectivity index (χ1) is 16.0. The van der Waals surface area contributed by atoms with E-state index < -0.39 is 0 Å². The number of hydrogen-bond acceptors (Lipinski definition) is 5. The monoisotopic (exact) mass is 461 g/mol. The van der Waals surface area contributed by atoms with E-state index in [9.17, 15) is 9.59 Å². The molecule has 0 spiro atoms. The second-order valence-electron chi connectivity index (χ2n) is 8.10. The molecule has 170 valence electrons. The van der Waals surface area contributed by atoms with Crippen molar-refractivity contribution >= 4 is 27.5 Å². The van der Waals surface area contributed by atoms with Gasteiger partial charge in [0.1, 0.15) is 11.4 Å². The van der Waals surface area contributed by atoms with Gasteiger partial charge >= 0.3 is 0 Å². The van der Waals surface area contributed by atoms with Gasteiger partial charge in [-0.1, -0.05) is 48.5 Å². The van der Waals surface area contributed by atoms with Gasteiger partial charge in [0.15, 0.2) is 0 Å². The molecule has 6 nitrogen and oxygen atoms in total. The molecule has 0 aliphatic rings. The Bertz CT molecular complexity index is 1330. The van der Waals surface area contributed by atoms with Crippen molar-refractivity contribution in [1.29, 1.82) is 0 Å². The van der Waals surface area contributed by atoms with Crippen molar-refractivity contribution in [3.63, 3.8) is 0 Å². The fraction of sp³-hybridized carbons (Fsp3) is 0.269. The van der Waals surface area contributed by atoms with Crippen LogP contribution >= 0.6 is 11.3 Å². The quantitative estimate of drug-likeness (QED) is 0.390. The average molecular weight is 462 g/mol. The van der Waals surface area contributed by atoms with Gasteiger partial charge in [-0.15, -0.1) is 11.3 Å². The van der Waals surface area contributed by atoms with Gasteiger partial charge in [0.05, 0.1) is 18.3 Å². The fourth-order valence-corrected chi connectivity index (χ4v) is 4.65. The van der Waals surface area contributed by atoms with E-state index in [1.165, 1.54) is 33.4 Å². The predicted molar refractivity (Wildman–Crippen MR) is 133 cm³/mol. The number of aromatic nitrogens is 2. The Morgan fingerprint density at radius 2 is 1.91 bits per heavy atom. The minimum absolute atomic E-state index is 0.0689. The highest BCUT2D eigenvalue weighted by atomic mass is 32.1. The lowest BCUT2D eigenvalue weighted by molar-refractivity contribution is -0.133. The van der Waals surface area contributed by atoms with Crippen LogP contribution in [0, 0.1) is 13.8 Å². The molecule has 2 heterocycles. The lowest BCUT2D eigenvalue weighted by atomic mass is 10.0. The van der Waals surface area contributed by atoms with Crippen LogP contribution in [0.25, 0.3) is 21.3 Å². The Morgan fingerprint density at radius 1 is 1.12 bits per heavy atom. The second-order valence-corrected chi connectivity index (χ2v) is 8.96. The van der Waals surface area contributed by atoms with Gasteiger partial charge in [-0.3, -0.25) is 14.2 Å². The molecular formula is C26H27N3O3S. The standard InChI is InChI=1S/C26H27N3O3S/c1-18-9-10-21(13-19(18)2)22-16-33-25-24(22)26(31)29(17-27-25)15-23(30)28(11-12-32-3)14-20-7-5-4-6-8-20/h4-10,13,16-17H,11-12,14-15H2,1-3H3. The number of carbonyl (C=O) groups is 1. The van der Waals surface area contributed by atoms with E-state index in [0.717, 1.165) is 16.7 Å². The number of amides is 1. The van der Waals surface area contributed by atoms with E-state index in [2.05, 4.69) is 31.0 Å². The Balaban J connectivity index is 1.64. The molecule has 0 atom stereocenters.